The lowest BCUT2D eigenvalue weighted by Gasteiger charge is -2.23. The van der Waals surface area contributed by atoms with Crippen LogP contribution in [0.3, 0.4) is 0 Å². The number of urea groups is 1. The van der Waals surface area contributed by atoms with Gasteiger partial charge in [0.2, 0.25) is 0 Å². The number of carbonyl (C=O) groups excluding carboxylic acids is 1. The molecule has 0 aromatic heterocycles. The van der Waals surface area contributed by atoms with Crippen molar-refractivity contribution in [1.82, 2.24) is 10.6 Å². The summed E-state index contributed by atoms with van der Waals surface area (Å²) in [5, 5.41) is 5.64. The first-order chi connectivity index (χ1) is 11.4. The van der Waals surface area contributed by atoms with Gasteiger partial charge in [-0.05, 0) is 31.4 Å². The minimum Gasteiger partial charge on any atom is -0.496 e. The summed E-state index contributed by atoms with van der Waals surface area (Å²) >= 11 is 0. The molecule has 0 bridgehead atoms. The van der Waals surface area contributed by atoms with Crippen molar-refractivity contribution in [3.63, 3.8) is 0 Å². The lowest BCUT2D eigenvalue weighted by atomic mass is 9.93. The summed E-state index contributed by atoms with van der Waals surface area (Å²) in [4.78, 5) is 12.1. The van der Waals surface area contributed by atoms with E-state index >= 15 is 0 Å². The first-order valence-corrected chi connectivity index (χ1v) is 8.42. The average molecular weight is 338 g/mol. The number of halogens is 1. The van der Waals surface area contributed by atoms with Crippen LogP contribution in [0.25, 0.3) is 0 Å². The van der Waals surface area contributed by atoms with Crippen LogP contribution in [0, 0.1) is 17.7 Å². The highest BCUT2D eigenvalue weighted by Gasteiger charge is 2.30. The van der Waals surface area contributed by atoms with Crippen molar-refractivity contribution in [2.75, 3.05) is 20.3 Å². The first kappa shape index (κ1) is 18.5. The first-order valence-electron chi connectivity index (χ1n) is 8.42. The third-order valence-electron chi connectivity index (χ3n) is 4.46. The molecule has 2 rings (SSSR count). The van der Waals surface area contributed by atoms with E-state index in [4.69, 9.17) is 9.47 Å². The molecule has 0 radical (unpaired) electrons. The number of nitrogens with one attached hydrogen (secondary N) is 2. The molecule has 1 aliphatic heterocycles. The van der Waals surface area contributed by atoms with Gasteiger partial charge in [-0.15, -0.1) is 0 Å². The van der Waals surface area contributed by atoms with E-state index < -0.39 is 11.9 Å². The smallest absolute Gasteiger partial charge is 0.315 e. The number of rotatable bonds is 6. The number of hydrogen-bond acceptors (Lipinski definition) is 3. The fourth-order valence-corrected chi connectivity index (χ4v) is 3.27. The minimum absolute atomic E-state index is 0.175. The average Bonchev–Trinajstić information content (AvgIpc) is 3.01. The van der Waals surface area contributed by atoms with Crippen LogP contribution in [0.5, 0.6) is 5.75 Å². The monoisotopic (exact) mass is 338 g/mol. The molecule has 1 aliphatic rings. The Morgan fingerprint density at radius 3 is 2.83 bits per heavy atom. The molecule has 134 valence electrons. The van der Waals surface area contributed by atoms with Crippen molar-refractivity contribution in [3.05, 3.63) is 29.6 Å². The van der Waals surface area contributed by atoms with E-state index in [0.29, 0.717) is 29.7 Å². The van der Waals surface area contributed by atoms with Crippen LogP contribution >= 0.6 is 0 Å². The van der Waals surface area contributed by atoms with Crippen LogP contribution in [0.4, 0.5) is 9.18 Å². The van der Waals surface area contributed by atoms with Crippen LogP contribution in [0.15, 0.2) is 18.2 Å². The van der Waals surface area contributed by atoms with Crippen molar-refractivity contribution in [1.29, 1.82) is 0 Å². The SMILES string of the molecule is COc1cccc(F)c1[C@H](C)NC(=O)NC[C@@H]1CCO[C@@H]1C(C)C. The molecule has 1 aromatic rings. The Bertz CT molecular complexity index is 565. The van der Waals surface area contributed by atoms with Crippen molar-refractivity contribution in [2.24, 2.45) is 11.8 Å². The topological polar surface area (TPSA) is 59.6 Å². The van der Waals surface area contributed by atoms with Crippen LogP contribution < -0.4 is 15.4 Å². The maximum absolute atomic E-state index is 14.0. The van der Waals surface area contributed by atoms with E-state index in [2.05, 4.69) is 24.5 Å². The summed E-state index contributed by atoms with van der Waals surface area (Å²) in [7, 11) is 1.48. The maximum atomic E-state index is 14.0. The zero-order chi connectivity index (χ0) is 17.7. The Hall–Kier alpha value is -1.82. The fraction of sp³-hybridized carbons (Fsp3) is 0.611. The van der Waals surface area contributed by atoms with Gasteiger partial charge in [0, 0.05) is 19.1 Å². The third-order valence-corrected chi connectivity index (χ3v) is 4.46. The van der Waals surface area contributed by atoms with Gasteiger partial charge in [0.1, 0.15) is 11.6 Å². The van der Waals surface area contributed by atoms with Crippen LogP contribution in [-0.4, -0.2) is 32.4 Å². The summed E-state index contributed by atoms with van der Waals surface area (Å²) < 4.78 is 24.9. The van der Waals surface area contributed by atoms with Gasteiger partial charge >= 0.3 is 6.03 Å². The standard InChI is InChI=1S/C18H27FN2O3/c1-11(2)17-13(8-9-24-17)10-20-18(22)21-12(3)16-14(19)6-5-7-15(16)23-4/h5-7,11-13,17H,8-10H2,1-4H3,(H2,20,21,22)/t12-,13-,17+/m0/s1. The number of ether oxygens (including phenoxy) is 2. The molecule has 2 N–H and O–H groups in total. The van der Waals surface area contributed by atoms with E-state index in [-0.39, 0.29) is 12.1 Å². The summed E-state index contributed by atoms with van der Waals surface area (Å²) in [5.41, 5.74) is 0.347. The second kappa shape index (κ2) is 8.33. The molecule has 0 unspecified atom stereocenters. The quantitative estimate of drug-likeness (QED) is 0.837. The summed E-state index contributed by atoms with van der Waals surface area (Å²) in [6, 6.07) is 3.80. The minimum atomic E-state index is -0.498. The molecular weight excluding hydrogens is 311 g/mol. The van der Waals surface area contributed by atoms with E-state index in [0.717, 1.165) is 13.0 Å². The molecule has 24 heavy (non-hydrogen) atoms. The van der Waals surface area contributed by atoms with Crippen LogP contribution in [0.2, 0.25) is 0 Å². The van der Waals surface area contributed by atoms with Gasteiger partial charge in [0.15, 0.2) is 0 Å². The van der Waals surface area contributed by atoms with E-state index in [1.54, 1.807) is 19.1 Å². The molecule has 3 atom stereocenters. The molecule has 1 heterocycles. The zero-order valence-electron chi connectivity index (χ0n) is 14.8. The van der Waals surface area contributed by atoms with Crippen LogP contribution in [-0.2, 0) is 4.74 Å². The van der Waals surface area contributed by atoms with Gasteiger partial charge in [-0.25, -0.2) is 9.18 Å². The highest BCUT2D eigenvalue weighted by atomic mass is 19.1. The number of benzene rings is 1. The predicted octanol–water partition coefficient (Wildman–Crippen LogP) is 3.26. The van der Waals surface area contributed by atoms with Crippen molar-refractivity contribution >= 4 is 6.03 Å². The molecule has 0 aliphatic carbocycles. The highest BCUT2D eigenvalue weighted by molar-refractivity contribution is 5.74. The van der Waals surface area contributed by atoms with E-state index in [1.807, 2.05) is 0 Å². The molecule has 2 amide bonds. The highest BCUT2D eigenvalue weighted by Crippen LogP contribution is 2.28. The lowest BCUT2D eigenvalue weighted by Crippen LogP contribution is -2.41. The predicted molar refractivity (Wildman–Crippen MR) is 90.6 cm³/mol. The molecule has 1 saturated heterocycles. The largest absolute Gasteiger partial charge is 0.496 e. The van der Waals surface area contributed by atoms with Gasteiger partial charge in [-0.2, -0.15) is 0 Å². The lowest BCUT2D eigenvalue weighted by molar-refractivity contribution is 0.0545. The van der Waals surface area contributed by atoms with E-state index in [1.165, 1.54) is 13.2 Å². The fourth-order valence-electron chi connectivity index (χ4n) is 3.27. The van der Waals surface area contributed by atoms with Gasteiger partial charge in [-0.1, -0.05) is 19.9 Å². The summed E-state index contributed by atoms with van der Waals surface area (Å²) in [5.74, 6) is 0.760. The molecule has 5 nitrogen and oxygen atoms in total. The Kier molecular flexibility index (Phi) is 6.43. The summed E-state index contributed by atoms with van der Waals surface area (Å²) in [6.45, 7) is 7.26. The number of carbonyl (C=O) groups is 1. The van der Waals surface area contributed by atoms with Gasteiger partial charge in [0.25, 0.3) is 0 Å². The Balaban J connectivity index is 1.91. The number of methoxy groups -OCH3 is 1. The van der Waals surface area contributed by atoms with Crippen molar-refractivity contribution in [2.45, 2.75) is 39.3 Å². The molecule has 1 aromatic carbocycles. The Morgan fingerprint density at radius 2 is 2.17 bits per heavy atom. The molecular formula is C18H27FN2O3. The summed E-state index contributed by atoms with van der Waals surface area (Å²) in [6.07, 6.45) is 1.12. The third kappa shape index (κ3) is 4.38. The number of hydrogen-bond donors (Lipinski definition) is 2. The second-order valence-corrected chi connectivity index (χ2v) is 6.56. The Labute approximate surface area is 142 Å². The molecule has 0 spiro atoms. The Morgan fingerprint density at radius 1 is 1.42 bits per heavy atom. The molecule has 6 heteroatoms. The molecule has 0 saturated carbocycles. The van der Waals surface area contributed by atoms with Crippen molar-refractivity contribution in [3.8, 4) is 5.75 Å². The normalized spacial score (nSPS) is 21.6. The number of amides is 2. The van der Waals surface area contributed by atoms with Crippen molar-refractivity contribution < 1.29 is 18.7 Å². The van der Waals surface area contributed by atoms with Gasteiger partial charge in [0.05, 0.1) is 24.8 Å². The van der Waals surface area contributed by atoms with Crippen LogP contribution in [0.1, 0.15) is 38.8 Å². The maximum Gasteiger partial charge on any atom is 0.315 e. The molecule has 1 fully saturated rings. The van der Waals surface area contributed by atoms with Gasteiger partial charge in [-0.3, -0.25) is 0 Å². The second-order valence-electron chi connectivity index (χ2n) is 6.56. The van der Waals surface area contributed by atoms with Gasteiger partial charge < -0.3 is 20.1 Å². The van der Waals surface area contributed by atoms with E-state index in [9.17, 15) is 9.18 Å². The zero-order valence-corrected chi connectivity index (χ0v) is 14.8.